The van der Waals surface area contributed by atoms with Crippen molar-refractivity contribution in [3.63, 3.8) is 0 Å². The number of carbonyl (C=O) groups is 1. The molecule has 8 heteroatoms. The van der Waals surface area contributed by atoms with Gasteiger partial charge in [0, 0.05) is 17.7 Å². The fourth-order valence-corrected chi connectivity index (χ4v) is 4.10. The quantitative estimate of drug-likeness (QED) is 0.317. The molecular weight excluding hydrogens is 406 g/mol. The molecule has 0 saturated carbocycles. The van der Waals surface area contributed by atoms with Crippen molar-refractivity contribution in [3.05, 3.63) is 99.7 Å². The summed E-state index contributed by atoms with van der Waals surface area (Å²) in [5.41, 5.74) is 11.0. The lowest BCUT2D eigenvalue weighted by Crippen LogP contribution is -2.36. The van der Waals surface area contributed by atoms with Crippen molar-refractivity contribution in [1.29, 1.82) is 0 Å². The number of hydrazine groups is 1. The third kappa shape index (κ3) is 3.37. The summed E-state index contributed by atoms with van der Waals surface area (Å²) in [6.45, 7) is 3.85. The Labute approximate surface area is 183 Å². The van der Waals surface area contributed by atoms with Gasteiger partial charge in [0.15, 0.2) is 0 Å². The summed E-state index contributed by atoms with van der Waals surface area (Å²) in [7, 11) is 0. The van der Waals surface area contributed by atoms with Gasteiger partial charge in [0.25, 0.3) is 11.6 Å². The number of non-ortho nitro benzene ring substituents is 1. The van der Waals surface area contributed by atoms with E-state index >= 15 is 0 Å². The van der Waals surface area contributed by atoms with Crippen molar-refractivity contribution in [2.24, 2.45) is 0 Å². The monoisotopic (exact) mass is 425 g/mol. The van der Waals surface area contributed by atoms with E-state index < -0.39 is 10.8 Å². The fourth-order valence-electron chi connectivity index (χ4n) is 4.10. The second kappa shape index (κ2) is 7.66. The Hall–Kier alpha value is -4.46. The number of nitrogens with one attached hydrogen (secondary N) is 3. The zero-order chi connectivity index (χ0) is 22.2. The third-order valence-electron chi connectivity index (χ3n) is 5.73. The molecule has 3 aromatic carbocycles. The summed E-state index contributed by atoms with van der Waals surface area (Å²) in [5.74, 6) is -0.405. The molecule has 0 unspecified atom stereocenters. The highest BCUT2D eigenvalue weighted by Crippen LogP contribution is 2.36. The topological polar surface area (TPSA) is 113 Å². The first-order valence-electron chi connectivity index (χ1n) is 10.1. The third-order valence-corrected chi connectivity index (χ3v) is 5.73. The van der Waals surface area contributed by atoms with E-state index in [2.05, 4.69) is 58.0 Å². The number of nitro groups is 1. The number of nitro benzene ring substituents is 1. The van der Waals surface area contributed by atoms with Gasteiger partial charge in [-0.1, -0.05) is 36.9 Å². The van der Waals surface area contributed by atoms with Crippen molar-refractivity contribution < 1.29 is 9.72 Å². The van der Waals surface area contributed by atoms with Gasteiger partial charge < -0.3 is 0 Å². The molecule has 0 radical (unpaired) electrons. The molecule has 0 aliphatic heterocycles. The molecule has 32 heavy (non-hydrogen) atoms. The van der Waals surface area contributed by atoms with Gasteiger partial charge in [0.05, 0.1) is 16.3 Å². The molecule has 5 rings (SSSR count). The molecule has 0 saturated heterocycles. The highest BCUT2D eigenvalue weighted by Gasteiger charge is 2.18. The minimum absolute atomic E-state index is 0.0152. The molecule has 0 atom stereocenters. The molecule has 8 nitrogen and oxygen atoms in total. The minimum atomic E-state index is -0.473. The first-order valence-corrected chi connectivity index (χ1v) is 10.1. The molecule has 1 heterocycles. The highest BCUT2D eigenvalue weighted by atomic mass is 16.6. The second-order valence-electron chi connectivity index (χ2n) is 7.64. The van der Waals surface area contributed by atoms with Crippen molar-refractivity contribution in [2.75, 3.05) is 0 Å². The Kier molecular flexibility index (Phi) is 4.67. The number of aromatic amines is 1. The number of benzene rings is 3. The molecule has 4 aromatic rings. The van der Waals surface area contributed by atoms with Crippen LogP contribution in [0.3, 0.4) is 0 Å². The minimum Gasteiger partial charge on any atom is -0.298 e. The van der Waals surface area contributed by atoms with Gasteiger partial charge in [-0.25, -0.2) is 0 Å². The van der Waals surface area contributed by atoms with Crippen molar-refractivity contribution in [3.8, 4) is 11.3 Å². The SMILES string of the molecule is C=C(NNC(=O)c1cc(-c2ccc3c4c(cccc24)CC3)n[nH]1)c1ccc([N+](=O)[O-])cc1. The van der Waals surface area contributed by atoms with Crippen molar-refractivity contribution >= 4 is 28.1 Å². The number of aryl methyl sites for hydroxylation is 2. The summed E-state index contributed by atoms with van der Waals surface area (Å²) in [6.07, 6.45) is 2.10. The first-order chi connectivity index (χ1) is 15.5. The Morgan fingerprint density at radius 1 is 1.03 bits per heavy atom. The van der Waals surface area contributed by atoms with E-state index in [0.717, 1.165) is 23.8 Å². The van der Waals surface area contributed by atoms with Gasteiger partial charge in [0.2, 0.25) is 0 Å². The molecule has 0 spiro atoms. The van der Waals surface area contributed by atoms with E-state index in [9.17, 15) is 14.9 Å². The number of aromatic nitrogens is 2. The van der Waals surface area contributed by atoms with Crippen LogP contribution in [0.15, 0.2) is 67.2 Å². The molecule has 1 aromatic heterocycles. The van der Waals surface area contributed by atoms with Gasteiger partial charge in [-0.2, -0.15) is 5.10 Å². The summed E-state index contributed by atoms with van der Waals surface area (Å²) in [5, 5.41) is 20.3. The lowest BCUT2D eigenvalue weighted by Gasteiger charge is -2.10. The van der Waals surface area contributed by atoms with Crippen LogP contribution in [-0.4, -0.2) is 21.0 Å². The average molecular weight is 425 g/mol. The van der Waals surface area contributed by atoms with E-state index in [-0.39, 0.29) is 5.69 Å². The summed E-state index contributed by atoms with van der Waals surface area (Å²) in [4.78, 5) is 22.9. The van der Waals surface area contributed by atoms with Gasteiger partial charge in [-0.05, 0) is 58.5 Å². The van der Waals surface area contributed by atoms with Crippen LogP contribution in [-0.2, 0) is 12.8 Å². The van der Waals surface area contributed by atoms with Gasteiger partial charge in [0.1, 0.15) is 5.69 Å². The number of H-pyrrole nitrogens is 1. The van der Waals surface area contributed by atoms with Gasteiger partial charge in [-0.3, -0.25) is 30.9 Å². The average Bonchev–Trinajstić information content (AvgIpc) is 3.47. The van der Waals surface area contributed by atoms with Crippen LogP contribution in [0.2, 0.25) is 0 Å². The molecule has 158 valence electrons. The Bertz CT molecular complexity index is 1380. The number of nitrogens with zero attached hydrogens (tertiary/aromatic N) is 2. The van der Waals surface area contributed by atoms with Crippen LogP contribution in [0.5, 0.6) is 0 Å². The maximum absolute atomic E-state index is 12.6. The standard InChI is InChI=1S/C24H19N5O3/c1-14(15-7-10-18(11-8-15)29(31)32)25-28-24(30)22-13-21(26-27-22)19-12-9-17-6-5-16-3-2-4-20(19)23(16)17/h2-4,7-13,25H,1,5-6H2,(H,26,27)(H,28,30). The number of rotatable bonds is 6. The summed E-state index contributed by atoms with van der Waals surface area (Å²) < 4.78 is 0. The lowest BCUT2D eigenvalue weighted by molar-refractivity contribution is -0.384. The highest BCUT2D eigenvalue weighted by molar-refractivity contribution is 6.02. The largest absolute Gasteiger partial charge is 0.298 e. The van der Waals surface area contributed by atoms with Crippen LogP contribution >= 0.6 is 0 Å². The van der Waals surface area contributed by atoms with Crippen LogP contribution in [0, 0.1) is 10.1 Å². The van der Waals surface area contributed by atoms with Crippen LogP contribution in [0.25, 0.3) is 27.7 Å². The second-order valence-corrected chi connectivity index (χ2v) is 7.64. The first kappa shape index (κ1) is 19.5. The van der Waals surface area contributed by atoms with E-state index in [4.69, 9.17) is 0 Å². The Morgan fingerprint density at radius 3 is 2.53 bits per heavy atom. The number of hydrogen-bond acceptors (Lipinski definition) is 5. The molecule has 1 aliphatic rings. The molecule has 3 N–H and O–H groups in total. The van der Waals surface area contributed by atoms with E-state index in [1.807, 2.05) is 0 Å². The Morgan fingerprint density at radius 2 is 1.78 bits per heavy atom. The molecule has 1 amide bonds. The van der Waals surface area contributed by atoms with Gasteiger partial charge >= 0.3 is 0 Å². The molecule has 1 aliphatic carbocycles. The normalized spacial score (nSPS) is 12.0. The molecular formula is C24H19N5O3. The molecule has 0 bridgehead atoms. The van der Waals surface area contributed by atoms with Crippen LogP contribution in [0.1, 0.15) is 27.2 Å². The number of amides is 1. The summed E-state index contributed by atoms with van der Waals surface area (Å²) in [6, 6.07) is 18.1. The number of hydrogen-bond donors (Lipinski definition) is 3. The maximum Gasteiger partial charge on any atom is 0.287 e. The van der Waals surface area contributed by atoms with Crippen LogP contribution < -0.4 is 10.9 Å². The predicted molar refractivity (Wildman–Crippen MR) is 122 cm³/mol. The van der Waals surface area contributed by atoms with E-state index in [1.165, 1.54) is 28.6 Å². The van der Waals surface area contributed by atoms with E-state index in [1.54, 1.807) is 18.2 Å². The lowest BCUT2D eigenvalue weighted by atomic mass is 9.98. The number of carbonyl (C=O) groups excluding carboxylic acids is 1. The zero-order valence-corrected chi connectivity index (χ0v) is 17.0. The van der Waals surface area contributed by atoms with E-state index in [0.29, 0.717) is 22.6 Å². The predicted octanol–water partition coefficient (Wildman–Crippen LogP) is 4.14. The fraction of sp³-hybridized carbons (Fsp3) is 0.0833. The van der Waals surface area contributed by atoms with Crippen molar-refractivity contribution in [2.45, 2.75) is 12.8 Å². The summed E-state index contributed by atoms with van der Waals surface area (Å²) >= 11 is 0. The van der Waals surface area contributed by atoms with Gasteiger partial charge in [-0.15, -0.1) is 0 Å². The smallest absolute Gasteiger partial charge is 0.287 e. The van der Waals surface area contributed by atoms with Crippen molar-refractivity contribution in [1.82, 2.24) is 21.0 Å². The zero-order valence-electron chi connectivity index (χ0n) is 17.0. The maximum atomic E-state index is 12.6. The molecule has 0 fully saturated rings. The van der Waals surface area contributed by atoms with Crippen LogP contribution in [0.4, 0.5) is 5.69 Å². The Balaban J connectivity index is 1.31.